The zero-order valence-corrected chi connectivity index (χ0v) is 14.4. The van der Waals surface area contributed by atoms with Crippen LogP contribution in [0.2, 0.25) is 0 Å². The van der Waals surface area contributed by atoms with Gasteiger partial charge in [-0.05, 0) is 55.5 Å². The lowest BCUT2D eigenvalue weighted by atomic mass is 9.95. The number of rotatable bonds is 8. The first-order valence-corrected chi connectivity index (χ1v) is 8.33. The highest BCUT2D eigenvalue weighted by molar-refractivity contribution is 9.10. The highest BCUT2D eigenvalue weighted by atomic mass is 79.9. The first-order valence-electron chi connectivity index (χ1n) is 7.54. The van der Waals surface area contributed by atoms with Crippen LogP contribution in [0.5, 0.6) is 0 Å². The van der Waals surface area contributed by atoms with Gasteiger partial charge in [0.1, 0.15) is 0 Å². The molecular weight excluding hydrogens is 298 g/mol. The number of hydrogen-bond acceptors (Lipinski definition) is 1. The minimum Gasteiger partial charge on any atom is -0.310 e. The normalized spacial score (nSPS) is 12.9. The SMILES string of the molecule is CCCNC(CCCC(C)C)c1cc(Br)ccc1C. The third-order valence-electron chi connectivity index (χ3n) is 3.53. The van der Waals surface area contributed by atoms with E-state index in [-0.39, 0.29) is 0 Å². The van der Waals surface area contributed by atoms with Gasteiger partial charge < -0.3 is 5.32 Å². The summed E-state index contributed by atoms with van der Waals surface area (Å²) in [6.07, 6.45) is 5.03. The molecule has 108 valence electrons. The smallest absolute Gasteiger partial charge is 0.0323 e. The molecule has 0 bridgehead atoms. The summed E-state index contributed by atoms with van der Waals surface area (Å²) in [5, 5.41) is 3.71. The van der Waals surface area contributed by atoms with Crippen LogP contribution in [0, 0.1) is 12.8 Å². The molecule has 1 unspecified atom stereocenters. The molecule has 0 aliphatic rings. The minimum absolute atomic E-state index is 0.496. The van der Waals surface area contributed by atoms with Crippen molar-refractivity contribution in [3.05, 3.63) is 33.8 Å². The molecule has 1 atom stereocenters. The maximum absolute atomic E-state index is 3.71. The highest BCUT2D eigenvalue weighted by Gasteiger charge is 2.13. The molecule has 0 saturated carbocycles. The quantitative estimate of drug-likeness (QED) is 0.653. The summed E-state index contributed by atoms with van der Waals surface area (Å²) >= 11 is 3.60. The van der Waals surface area contributed by atoms with Crippen LogP contribution in [0.15, 0.2) is 22.7 Å². The Morgan fingerprint density at radius 1 is 1.21 bits per heavy atom. The van der Waals surface area contributed by atoms with Gasteiger partial charge in [-0.15, -0.1) is 0 Å². The van der Waals surface area contributed by atoms with Crippen molar-refractivity contribution >= 4 is 15.9 Å². The molecule has 1 aromatic rings. The maximum Gasteiger partial charge on any atom is 0.0323 e. The van der Waals surface area contributed by atoms with Crippen molar-refractivity contribution < 1.29 is 0 Å². The van der Waals surface area contributed by atoms with E-state index in [1.165, 1.54) is 41.3 Å². The van der Waals surface area contributed by atoms with Gasteiger partial charge in [-0.2, -0.15) is 0 Å². The van der Waals surface area contributed by atoms with E-state index in [4.69, 9.17) is 0 Å². The molecule has 0 spiro atoms. The Morgan fingerprint density at radius 2 is 1.95 bits per heavy atom. The average molecular weight is 326 g/mol. The Bertz CT molecular complexity index is 374. The molecule has 0 fully saturated rings. The van der Waals surface area contributed by atoms with Crippen LogP contribution >= 0.6 is 15.9 Å². The Hall–Kier alpha value is -0.340. The molecular formula is C17H28BrN. The van der Waals surface area contributed by atoms with E-state index >= 15 is 0 Å². The second kappa shape index (κ2) is 8.76. The fourth-order valence-corrected chi connectivity index (χ4v) is 2.78. The molecule has 19 heavy (non-hydrogen) atoms. The molecule has 0 saturated heterocycles. The molecule has 0 heterocycles. The van der Waals surface area contributed by atoms with Crippen molar-refractivity contribution in [1.82, 2.24) is 5.32 Å². The van der Waals surface area contributed by atoms with Gasteiger partial charge >= 0.3 is 0 Å². The van der Waals surface area contributed by atoms with Crippen molar-refractivity contribution in [1.29, 1.82) is 0 Å². The van der Waals surface area contributed by atoms with Crippen LogP contribution in [0.25, 0.3) is 0 Å². The predicted octanol–water partition coefficient (Wildman–Crippen LogP) is 5.62. The van der Waals surface area contributed by atoms with Gasteiger partial charge in [0, 0.05) is 10.5 Å². The van der Waals surface area contributed by atoms with Crippen molar-refractivity contribution in [3.8, 4) is 0 Å². The lowest BCUT2D eigenvalue weighted by molar-refractivity contribution is 0.446. The highest BCUT2D eigenvalue weighted by Crippen LogP contribution is 2.26. The van der Waals surface area contributed by atoms with Crippen molar-refractivity contribution in [2.45, 2.75) is 59.4 Å². The summed E-state index contributed by atoms with van der Waals surface area (Å²) in [6.45, 7) is 10.1. The Morgan fingerprint density at radius 3 is 2.58 bits per heavy atom. The van der Waals surface area contributed by atoms with Gasteiger partial charge in [-0.25, -0.2) is 0 Å². The van der Waals surface area contributed by atoms with Crippen molar-refractivity contribution in [2.24, 2.45) is 5.92 Å². The van der Waals surface area contributed by atoms with Crippen molar-refractivity contribution in [3.63, 3.8) is 0 Å². The number of nitrogens with one attached hydrogen (secondary N) is 1. The third-order valence-corrected chi connectivity index (χ3v) is 4.02. The van der Waals surface area contributed by atoms with Crippen LogP contribution in [0.1, 0.15) is 63.6 Å². The van der Waals surface area contributed by atoms with Gasteiger partial charge in [-0.3, -0.25) is 0 Å². The molecule has 1 nitrogen and oxygen atoms in total. The topological polar surface area (TPSA) is 12.0 Å². The Balaban J connectivity index is 2.73. The second-order valence-electron chi connectivity index (χ2n) is 5.83. The van der Waals surface area contributed by atoms with Crippen LogP contribution in [0.4, 0.5) is 0 Å². The van der Waals surface area contributed by atoms with E-state index in [9.17, 15) is 0 Å². The van der Waals surface area contributed by atoms with Gasteiger partial charge in [0.15, 0.2) is 0 Å². The monoisotopic (exact) mass is 325 g/mol. The van der Waals surface area contributed by atoms with E-state index in [1.807, 2.05) is 0 Å². The van der Waals surface area contributed by atoms with Gasteiger partial charge in [0.2, 0.25) is 0 Å². The first kappa shape index (κ1) is 16.7. The molecule has 0 amide bonds. The van der Waals surface area contributed by atoms with Crippen LogP contribution in [-0.4, -0.2) is 6.54 Å². The number of aryl methyl sites for hydroxylation is 1. The average Bonchev–Trinajstić information content (AvgIpc) is 2.36. The molecule has 2 heteroatoms. The Kier molecular flexibility index (Phi) is 7.70. The summed E-state index contributed by atoms with van der Waals surface area (Å²) in [4.78, 5) is 0. The fourth-order valence-electron chi connectivity index (χ4n) is 2.40. The van der Waals surface area contributed by atoms with Gasteiger partial charge in [0.05, 0.1) is 0 Å². The molecule has 0 radical (unpaired) electrons. The summed E-state index contributed by atoms with van der Waals surface area (Å²) in [5.41, 5.74) is 2.84. The van der Waals surface area contributed by atoms with Crippen molar-refractivity contribution in [2.75, 3.05) is 6.54 Å². The maximum atomic E-state index is 3.71. The third kappa shape index (κ3) is 6.09. The molecule has 1 aromatic carbocycles. The largest absolute Gasteiger partial charge is 0.310 e. The van der Waals surface area contributed by atoms with Gasteiger partial charge in [0.25, 0.3) is 0 Å². The lowest BCUT2D eigenvalue weighted by Crippen LogP contribution is -2.23. The molecule has 1 N–H and O–H groups in total. The Labute approximate surface area is 127 Å². The summed E-state index contributed by atoms with van der Waals surface area (Å²) < 4.78 is 1.18. The minimum atomic E-state index is 0.496. The van der Waals surface area contributed by atoms with Crippen LogP contribution in [0.3, 0.4) is 0 Å². The van der Waals surface area contributed by atoms with E-state index in [2.05, 4.69) is 67.1 Å². The number of benzene rings is 1. The molecule has 0 aliphatic carbocycles. The molecule has 0 aromatic heterocycles. The fraction of sp³-hybridized carbons (Fsp3) is 0.647. The summed E-state index contributed by atoms with van der Waals surface area (Å²) in [7, 11) is 0. The zero-order chi connectivity index (χ0) is 14.3. The predicted molar refractivity (Wildman–Crippen MR) is 88.6 cm³/mol. The summed E-state index contributed by atoms with van der Waals surface area (Å²) in [5.74, 6) is 0.801. The van der Waals surface area contributed by atoms with E-state index < -0.39 is 0 Å². The van der Waals surface area contributed by atoms with E-state index in [1.54, 1.807) is 0 Å². The first-order chi connectivity index (χ1) is 9.04. The lowest BCUT2D eigenvalue weighted by Gasteiger charge is -2.21. The molecule has 0 aliphatic heterocycles. The van der Waals surface area contributed by atoms with E-state index in [0.29, 0.717) is 6.04 Å². The summed E-state index contributed by atoms with van der Waals surface area (Å²) in [6, 6.07) is 7.11. The zero-order valence-electron chi connectivity index (χ0n) is 12.8. The van der Waals surface area contributed by atoms with E-state index in [0.717, 1.165) is 12.5 Å². The number of halogens is 1. The standard InChI is InChI=1S/C17H28BrN/c1-5-11-19-17(8-6-7-13(2)3)16-12-15(18)10-9-14(16)4/h9-10,12-13,17,19H,5-8,11H2,1-4H3. The molecule has 1 rings (SSSR count). The van der Waals surface area contributed by atoms with Crippen LogP contribution in [-0.2, 0) is 0 Å². The number of hydrogen-bond donors (Lipinski definition) is 1. The van der Waals surface area contributed by atoms with Gasteiger partial charge in [-0.1, -0.05) is 55.6 Å². The second-order valence-corrected chi connectivity index (χ2v) is 6.75. The van der Waals surface area contributed by atoms with Crippen LogP contribution < -0.4 is 5.32 Å².